The molecule has 120 valence electrons. The molecule has 0 atom stereocenters. The first-order valence-electron chi connectivity index (χ1n) is 7.75. The van der Waals surface area contributed by atoms with Crippen molar-refractivity contribution in [1.29, 1.82) is 0 Å². The van der Waals surface area contributed by atoms with E-state index >= 15 is 0 Å². The Morgan fingerprint density at radius 3 is 2.79 bits per heavy atom. The number of rotatable bonds is 6. The van der Waals surface area contributed by atoms with Crippen molar-refractivity contribution < 1.29 is 4.74 Å². The minimum atomic E-state index is 0.400. The Hall–Kier alpha value is -3.14. The molecule has 0 aliphatic rings. The molecule has 4 heteroatoms. The molecule has 0 radical (unpaired) electrons. The molecule has 1 N–H and O–H groups in total. The number of aromatic nitrogens is 1. The molecule has 0 saturated heterocycles. The molecule has 24 heavy (non-hydrogen) atoms. The number of benzene rings is 2. The molecule has 2 aromatic carbocycles. The van der Waals surface area contributed by atoms with Gasteiger partial charge in [-0.3, -0.25) is 5.43 Å². The van der Waals surface area contributed by atoms with Gasteiger partial charge < -0.3 is 4.74 Å². The molecule has 1 heterocycles. The molecular formula is C20H19N3O. The van der Waals surface area contributed by atoms with Gasteiger partial charge in [0, 0.05) is 5.39 Å². The quantitative estimate of drug-likeness (QED) is 0.412. The first-order valence-corrected chi connectivity index (χ1v) is 7.75. The largest absolute Gasteiger partial charge is 0.473 e. The molecular weight excluding hydrogens is 298 g/mol. The Labute approximate surface area is 141 Å². The normalized spacial score (nSPS) is 10.9. The standard InChI is InChI=1S/C20H19N3O/c1-3-11-24-20-17(14-21-23-18-7-5-4-6-8-18)13-16-12-15(2)9-10-19(16)22-20/h3-10,12-14,23H,1,11H2,2H3/b21-14+. The molecule has 3 rings (SSSR count). The summed E-state index contributed by atoms with van der Waals surface area (Å²) >= 11 is 0. The molecule has 3 aromatic rings. The second-order valence-corrected chi connectivity index (χ2v) is 5.41. The van der Waals surface area contributed by atoms with E-state index in [2.05, 4.69) is 35.1 Å². The number of aryl methyl sites for hydroxylation is 1. The first-order chi connectivity index (χ1) is 11.8. The van der Waals surface area contributed by atoms with Crippen LogP contribution in [0.5, 0.6) is 5.88 Å². The van der Waals surface area contributed by atoms with Crippen molar-refractivity contribution in [1.82, 2.24) is 4.98 Å². The lowest BCUT2D eigenvalue weighted by Gasteiger charge is -2.08. The van der Waals surface area contributed by atoms with Gasteiger partial charge in [0.1, 0.15) is 6.61 Å². The third-order valence-electron chi connectivity index (χ3n) is 3.47. The Kier molecular flexibility index (Phi) is 4.87. The zero-order chi connectivity index (χ0) is 16.8. The van der Waals surface area contributed by atoms with Gasteiger partial charge in [-0.1, -0.05) is 42.5 Å². The summed E-state index contributed by atoms with van der Waals surface area (Å²) < 4.78 is 5.68. The van der Waals surface area contributed by atoms with Crippen LogP contribution in [0.2, 0.25) is 0 Å². The summed E-state index contributed by atoms with van der Waals surface area (Å²) in [7, 11) is 0. The molecule has 4 nitrogen and oxygen atoms in total. The highest BCUT2D eigenvalue weighted by molar-refractivity contribution is 5.91. The fourth-order valence-corrected chi connectivity index (χ4v) is 2.33. The van der Waals surface area contributed by atoms with Gasteiger partial charge in [0.2, 0.25) is 5.88 Å². The summed E-state index contributed by atoms with van der Waals surface area (Å²) in [6, 6.07) is 17.9. The lowest BCUT2D eigenvalue weighted by Crippen LogP contribution is -2.01. The van der Waals surface area contributed by atoms with Crippen molar-refractivity contribution in [2.75, 3.05) is 12.0 Å². The Balaban J connectivity index is 1.92. The summed E-state index contributed by atoms with van der Waals surface area (Å²) in [6.07, 6.45) is 3.42. The molecule has 0 bridgehead atoms. The van der Waals surface area contributed by atoms with Crippen LogP contribution in [-0.2, 0) is 0 Å². The van der Waals surface area contributed by atoms with Crippen LogP contribution < -0.4 is 10.2 Å². The van der Waals surface area contributed by atoms with Crippen LogP contribution >= 0.6 is 0 Å². The first kappa shape index (κ1) is 15.7. The fraction of sp³-hybridized carbons (Fsp3) is 0.100. The maximum Gasteiger partial charge on any atom is 0.223 e. The molecule has 0 aliphatic carbocycles. The summed E-state index contributed by atoms with van der Waals surface area (Å²) in [4.78, 5) is 4.59. The summed E-state index contributed by atoms with van der Waals surface area (Å²) in [5.74, 6) is 0.546. The second-order valence-electron chi connectivity index (χ2n) is 5.41. The molecule has 0 amide bonds. The van der Waals surface area contributed by atoms with Crippen LogP contribution in [0, 0.1) is 6.92 Å². The van der Waals surface area contributed by atoms with Gasteiger partial charge in [-0.05, 0) is 37.3 Å². The van der Waals surface area contributed by atoms with Crippen LogP contribution in [0.4, 0.5) is 5.69 Å². The van der Waals surface area contributed by atoms with Gasteiger partial charge in [-0.15, -0.1) is 0 Å². The zero-order valence-corrected chi connectivity index (χ0v) is 13.6. The van der Waals surface area contributed by atoms with E-state index in [0.717, 1.165) is 22.2 Å². The van der Waals surface area contributed by atoms with Gasteiger partial charge in [0.05, 0.1) is 23.0 Å². The number of para-hydroxylation sites is 1. The maximum atomic E-state index is 5.68. The minimum absolute atomic E-state index is 0.400. The third-order valence-corrected chi connectivity index (χ3v) is 3.47. The van der Waals surface area contributed by atoms with E-state index in [0.29, 0.717) is 12.5 Å². The molecule has 0 saturated carbocycles. The smallest absolute Gasteiger partial charge is 0.223 e. The second kappa shape index (κ2) is 7.42. The van der Waals surface area contributed by atoms with Crippen molar-refractivity contribution in [3.8, 4) is 5.88 Å². The van der Waals surface area contributed by atoms with Crippen molar-refractivity contribution in [2.45, 2.75) is 6.92 Å². The highest BCUT2D eigenvalue weighted by atomic mass is 16.5. The van der Waals surface area contributed by atoms with E-state index in [1.54, 1.807) is 12.3 Å². The Bertz CT molecular complexity index is 873. The van der Waals surface area contributed by atoms with Gasteiger partial charge >= 0.3 is 0 Å². The fourth-order valence-electron chi connectivity index (χ4n) is 2.33. The summed E-state index contributed by atoms with van der Waals surface area (Å²) in [6.45, 7) is 6.14. The molecule has 1 aromatic heterocycles. The van der Waals surface area contributed by atoms with Gasteiger partial charge in [-0.2, -0.15) is 5.10 Å². The number of hydrogen-bond acceptors (Lipinski definition) is 4. The lowest BCUT2D eigenvalue weighted by molar-refractivity contribution is 0.349. The SMILES string of the molecule is C=CCOc1nc2ccc(C)cc2cc1/C=N/Nc1ccccc1. The van der Waals surface area contributed by atoms with E-state index in [1.165, 1.54) is 5.56 Å². The lowest BCUT2D eigenvalue weighted by atomic mass is 10.1. The van der Waals surface area contributed by atoms with Gasteiger partial charge in [0.15, 0.2) is 0 Å². The van der Waals surface area contributed by atoms with Crippen molar-refractivity contribution >= 4 is 22.8 Å². The zero-order valence-electron chi connectivity index (χ0n) is 13.6. The average Bonchev–Trinajstić information content (AvgIpc) is 2.61. The number of nitrogens with zero attached hydrogens (tertiary/aromatic N) is 2. The van der Waals surface area contributed by atoms with E-state index in [4.69, 9.17) is 4.74 Å². The van der Waals surface area contributed by atoms with Crippen LogP contribution in [0.3, 0.4) is 0 Å². The number of hydrogen-bond donors (Lipinski definition) is 1. The Morgan fingerprint density at radius 1 is 1.17 bits per heavy atom. The average molecular weight is 317 g/mol. The minimum Gasteiger partial charge on any atom is -0.473 e. The maximum absolute atomic E-state index is 5.68. The van der Waals surface area contributed by atoms with Gasteiger partial charge in [0.25, 0.3) is 0 Å². The monoisotopic (exact) mass is 317 g/mol. The van der Waals surface area contributed by atoms with E-state index in [9.17, 15) is 0 Å². The van der Waals surface area contributed by atoms with E-state index in [-0.39, 0.29) is 0 Å². The predicted octanol–water partition coefficient (Wildman–Crippen LogP) is 4.55. The third kappa shape index (κ3) is 3.79. The topological polar surface area (TPSA) is 46.5 Å². The van der Waals surface area contributed by atoms with Crippen LogP contribution in [0.15, 0.2) is 72.4 Å². The molecule has 0 unspecified atom stereocenters. The number of hydrazone groups is 1. The summed E-state index contributed by atoms with van der Waals surface area (Å²) in [5.41, 5.74) is 6.83. The van der Waals surface area contributed by atoms with Crippen LogP contribution in [-0.4, -0.2) is 17.8 Å². The summed E-state index contributed by atoms with van der Waals surface area (Å²) in [5, 5.41) is 5.35. The number of ether oxygens (including phenoxy) is 1. The number of anilines is 1. The van der Waals surface area contributed by atoms with Gasteiger partial charge in [-0.25, -0.2) is 4.98 Å². The Morgan fingerprint density at radius 2 is 2.00 bits per heavy atom. The molecule has 0 aliphatic heterocycles. The van der Waals surface area contributed by atoms with Crippen LogP contribution in [0.25, 0.3) is 10.9 Å². The number of fused-ring (bicyclic) bond motifs is 1. The highest BCUT2D eigenvalue weighted by Gasteiger charge is 2.07. The van der Waals surface area contributed by atoms with Crippen molar-refractivity contribution in [3.63, 3.8) is 0 Å². The molecule has 0 spiro atoms. The molecule has 0 fully saturated rings. The van der Waals surface area contributed by atoms with E-state index in [1.807, 2.05) is 48.5 Å². The predicted molar refractivity (Wildman–Crippen MR) is 99.8 cm³/mol. The van der Waals surface area contributed by atoms with Crippen molar-refractivity contribution in [2.24, 2.45) is 5.10 Å². The number of nitrogens with one attached hydrogen (secondary N) is 1. The van der Waals surface area contributed by atoms with Crippen LogP contribution in [0.1, 0.15) is 11.1 Å². The van der Waals surface area contributed by atoms with Crippen molar-refractivity contribution in [3.05, 3.63) is 78.4 Å². The number of pyridine rings is 1. The van der Waals surface area contributed by atoms with E-state index < -0.39 is 0 Å². The highest BCUT2D eigenvalue weighted by Crippen LogP contribution is 2.22.